The van der Waals surface area contributed by atoms with Gasteiger partial charge in [-0.15, -0.1) is 0 Å². The molecular weight excluding hydrogens is 290 g/mol. The van der Waals surface area contributed by atoms with Gasteiger partial charge in [0.05, 0.1) is 4.92 Å². The maximum absolute atomic E-state index is 12.8. The average Bonchev–Trinajstić information content (AvgIpc) is 2.16. The molecule has 0 aliphatic carbocycles. The molecule has 0 saturated carbocycles. The molecule has 0 aliphatic heterocycles. The molecule has 0 spiro atoms. The van der Waals surface area contributed by atoms with Crippen LogP contribution in [0, 0.1) is 17.0 Å². The van der Waals surface area contributed by atoms with Crippen molar-refractivity contribution >= 4 is 13.3 Å². The lowest BCUT2D eigenvalue weighted by Gasteiger charge is -2.15. The van der Waals surface area contributed by atoms with Crippen molar-refractivity contribution in [3.05, 3.63) is 33.4 Å². The number of alkyl halides is 3. The van der Waals surface area contributed by atoms with Crippen molar-refractivity contribution in [2.24, 2.45) is 0 Å². The first-order valence-electron chi connectivity index (χ1n) is 4.78. The summed E-state index contributed by atoms with van der Waals surface area (Å²) in [6.45, 7) is 1.87. The number of aryl methyl sites for hydroxylation is 1. The topological polar surface area (TPSA) is 89.7 Å². The standard InChI is InChI=1S/C9H9F3NO5P/c1-5-3-6(9(10,11)12)8(18-19(2,16)17)7(4-5)13(14)15/h3-4H,1-2H3,(H,16,17). The van der Waals surface area contributed by atoms with Gasteiger partial charge in [0.1, 0.15) is 5.56 Å². The molecule has 10 heteroatoms. The fourth-order valence-corrected chi connectivity index (χ4v) is 1.90. The van der Waals surface area contributed by atoms with Gasteiger partial charge in [0.15, 0.2) is 0 Å². The molecule has 6 nitrogen and oxygen atoms in total. The van der Waals surface area contributed by atoms with Gasteiger partial charge in [0, 0.05) is 12.7 Å². The number of halogens is 3. The summed E-state index contributed by atoms with van der Waals surface area (Å²) in [7, 11) is -4.37. The summed E-state index contributed by atoms with van der Waals surface area (Å²) >= 11 is 0. The maximum atomic E-state index is 12.8. The Morgan fingerprint density at radius 3 is 2.32 bits per heavy atom. The molecule has 19 heavy (non-hydrogen) atoms. The highest BCUT2D eigenvalue weighted by Gasteiger charge is 2.40. The van der Waals surface area contributed by atoms with Gasteiger partial charge >= 0.3 is 19.5 Å². The van der Waals surface area contributed by atoms with E-state index in [0.29, 0.717) is 12.7 Å². The van der Waals surface area contributed by atoms with Crippen molar-refractivity contribution in [1.82, 2.24) is 0 Å². The summed E-state index contributed by atoms with van der Waals surface area (Å²) in [5.74, 6) is -1.25. The van der Waals surface area contributed by atoms with Gasteiger partial charge in [0.2, 0.25) is 5.75 Å². The zero-order valence-electron chi connectivity index (χ0n) is 9.76. The third kappa shape index (κ3) is 3.93. The van der Waals surface area contributed by atoms with Crippen LogP contribution in [0.2, 0.25) is 0 Å². The number of hydrogen-bond donors (Lipinski definition) is 1. The van der Waals surface area contributed by atoms with Crippen molar-refractivity contribution in [2.75, 3.05) is 6.66 Å². The quantitative estimate of drug-likeness (QED) is 0.526. The Morgan fingerprint density at radius 1 is 1.42 bits per heavy atom. The summed E-state index contributed by atoms with van der Waals surface area (Å²) in [6, 6.07) is 1.44. The van der Waals surface area contributed by atoms with E-state index in [9.17, 15) is 27.9 Å². The van der Waals surface area contributed by atoms with Crippen LogP contribution in [0.1, 0.15) is 11.1 Å². The van der Waals surface area contributed by atoms with Gasteiger partial charge < -0.3 is 9.42 Å². The highest BCUT2D eigenvalue weighted by Crippen LogP contribution is 2.48. The van der Waals surface area contributed by atoms with Gasteiger partial charge in [-0.25, -0.2) is 4.57 Å². The molecule has 1 rings (SSSR count). The van der Waals surface area contributed by atoms with Crippen LogP contribution >= 0.6 is 7.60 Å². The Balaban J connectivity index is 3.62. The zero-order chi connectivity index (χ0) is 15.0. The zero-order valence-corrected chi connectivity index (χ0v) is 10.7. The molecule has 0 aliphatic rings. The first kappa shape index (κ1) is 15.5. The summed E-state index contributed by atoms with van der Waals surface area (Å²) in [6.07, 6.45) is -4.94. The van der Waals surface area contributed by atoms with E-state index < -0.39 is 35.7 Å². The van der Waals surface area contributed by atoms with E-state index in [1.54, 1.807) is 0 Å². The molecule has 0 saturated heterocycles. The maximum Gasteiger partial charge on any atom is 0.420 e. The number of nitro groups is 1. The van der Waals surface area contributed by atoms with Crippen LogP contribution in [0.15, 0.2) is 12.1 Å². The lowest BCUT2D eigenvalue weighted by molar-refractivity contribution is -0.385. The van der Waals surface area contributed by atoms with Crippen LogP contribution < -0.4 is 4.52 Å². The summed E-state index contributed by atoms with van der Waals surface area (Å²) in [5, 5.41) is 10.7. The van der Waals surface area contributed by atoms with Crippen LogP contribution in [-0.2, 0) is 10.7 Å². The molecule has 106 valence electrons. The normalized spacial score (nSPS) is 14.8. The van der Waals surface area contributed by atoms with Crippen LogP contribution in [-0.4, -0.2) is 16.5 Å². The van der Waals surface area contributed by atoms with Crippen molar-refractivity contribution in [3.63, 3.8) is 0 Å². The largest absolute Gasteiger partial charge is 0.420 e. The highest BCUT2D eigenvalue weighted by atomic mass is 31.2. The molecule has 0 amide bonds. The van der Waals surface area contributed by atoms with Crippen molar-refractivity contribution in [3.8, 4) is 5.75 Å². The van der Waals surface area contributed by atoms with Gasteiger partial charge in [-0.2, -0.15) is 13.2 Å². The fourth-order valence-electron chi connectivity index (χ4n) is 1.37. The lowest BCUT2D eigenvalue weighted by Crippen LogP contribution is -2.10. The van der Waals surface area contributed by atoms with E-state index in [-0.39, 0.29) is 5.56 Å². The number of benzene rings is 1. The van der Waals surface area contributed by atoms with Crippen LogP contribution in [0.4, 0.5) is 18.9 Å². The first-order chi connectivity index (χ1) is 8.42. The molecule has 0 radical (unpaired) electrons. The van der Waals surface area contributed by atoms with E-state index in [0.717, 1.165) is 6.07 Å². The van der Waals surface area contributed by atoms with Gasteiger partial charge in [-0.3, -0.25) is 10.1 Å². The lowest BCUT2D eigenvalue weighted by atomic mass is 10.1. The summed E-state index contributed by atoms with van der Waals surface area (Å²) < 4.78 is 53.6. The Labute approximate surface area is 105 Å². The number of rotatable bonds is 3. The van der Waals surface area contributed by atoms with E-state index in [4.69, 9.17) is 4.89 Å². The average molecular weight is 299 g/mol. The van der Waals surface area contributed by atoms with Crippen molar-refractivity contribution in [2.45, 2.75) is 13.1 Å². The molecule has 1 aromatic carbocycles. The number of nitro benzene ring substituents is 1. The second kappa shape index (κ2) is 4.82. The Morgan fingerprint density at radius 2 is 1.95 bits per heavy atom. The third-order valence-corrected chi connectivity index (χ3v) is 2.50. The van der Waals surface area contributed by atoms with Gasteiger partial charge in [0.25, 0.3) is 0 Å². The highest BCUT2D eigenvalue weighted by molar-refractivity contribution is 7.52. The van der Waals surface area contributed by atoms with E-state index in [2.05, 4.69) is 4.52 Å². The monoisotopic (exact) mass is 299 g/mol. The fraction of sp³-hybridized carbons (Fsp3) is 0.333. The van der Waals surface area contributed by atoms with Gasteiger partial charge in [-0.1, -0.05) is 0 Å². The SMILES string of the molecule is Cc1cc([N+](=O)[O-])c(OP(C)(=O)O)c(C(F)(F)F)c1. The molecule has 1 atom stereocenters. The molecule has 0 fully saturated rings. The van der Waals surface area contributed by atoms with Crippen LogP contribution in [0.5, 0.6) is 5.75 Å². The number of nitrogens with zero attached hydrogens (tertiary/aromatic N) is 1. The van der Waals surface area contributed by atoms with E-state index in [1.807, 2.05) is 0 Å². The van der Waals surface area contributed by atoms with Crippen molar-refractivity contribution < 1.29 is 32.1 Å². The van der Waals surface area contributed by atoms with Gasteiger partial charge in [-0.05, 0) is 18.6 Å². The Bertz CT molecular complexity index is 566. The van der Waals surface area contributed by atoms with E-state index in [1.165, 1.54) is 6.92 Å². The second-order valence-corrected chi connectivity index (χ2v) is 5.60. The Kier molecular flexibility index (Phi) is 3.92. The smallest absolute Gasteiger partial charge is 0.417 e. The molecule has 1 aromatic rings. The minimum atomic E-state index is -4.94. The second-order valence-electron chi connectivity index (χ2n) is 3.81. The third-order valence-electron chi connectivity index (χ3n) is 1.98. The minimum Gasteiger partial charge on any atom is -0.417 e. The Hall–Kier alpha value is -1.60. The molecule has 1 unspecified atom stereocenters. The predicted molar refractivity (Wildman–Crippen MR) is 59.2 cm³/mol. The predicted octanol–water partition coefficient (Wildman–Crippen LogP) is 3.12. The number of hydrogen-bond acceptors (Lipinski definition) is 4. The summed E-state index contributed by atoms with van der Waals surface area (Å²) in [5.41, 5.74) is -2.49. The molecule has 1 N–H and O–H groups in total. The van der Waals surface area contributed by atoms with E-state index >= 15 is 0 Å². The molecule has 0 heterocycles. The van der Waals surface area contributed by atoms with Crippen LogP contribution in [0.3, 0.4) is 0 Å². The first-order valence-corrected chi connectivity index (χ1v) is 6.80. The minimum absolute atomic E-state index is 0.0183. The molecule has 0 bridgehead atoms. The summed E-state index contributed by atoms with van der Waals surface area (Å²) in [4.78, 5) is 18.6. The van der Waals surface area contributed by atoms with Crippen molar-refractivity contribution in [1.29, 1.82) is 0 Å². The van der Waals surface area contributed by atoms with Crippen LogP contribution in [0.25, 0.3) is 0 Å². The molecule has 0 aromatic heterocycles. The molecular formula is C9H9F3NO5P.